The van der Waals surface area contributed by atoms with E-state index in [0.29, 0.717) is 23.7 Å². The quantitative estimate of drug-likeness (QED) is 0.730. The van der Waals surface area contributed by atoms with Crippen molar-refractivity contribution in [2.45, 2.75) is 25.4 Å². The van der Waals surface area contributed by atoms with Crippen LogP contribution in [0.4, 0.5) is 11.4 Å². The van der Waals surface area contributed by atoms with Crippen LogP contribution in [-0.2, 0) is 14.3 Å². The van der Waals surface area contributed by atoms with Gasteiger partial charge in [0.05, 0.1) is 12.8 Å². The number of benzene rings is 1. The Balaban J connectivity index is 2.08. The highest BCUT2D eigenvalue weighted by molar-refractivity contribution is 5.97. The first-order valence-electron chi connectivity index (χ1n) is 7.24. The molecule has 1 saturated heterocycles. The van der Waals surface area contributed by atoms with Crippen molar-refractivity contribution in [3.05, 3.63) is 18.2 Å². The number of hydrogen-bond donors (Lipinski definition) is 3. The molecule has 1 unspecified atom stereocenters. The summed E-state index contributed by atoms with van der Waals surface area (Å²) in [6, 6.07) is 5.05. The molecule has 0 saturated carbocycles. The monoisotopic (exact) mass is 307 g/mol. The lowest BCUT2D eigenvalue weighted by Crippen LogP contribution is -2.26. The third-order valence-electron chi connectivity index (χ3n) is 3.33. The van der Waals surface area contributed by atoms with Gasteiger partial charge in [-0.15, -0.1) is 0 Å². The summed E-state index contributed by atoms with van der Waals surface area (Å²) < 4.78 is 10.5. The zero-order chi connectivity index (χ0) is 15.9. The fourth-order valence-corrected chi connectivity index (χ4v) is 2.23. The van der Waals surface area contributed by atoms with Crippen LogP contribution in [-0.4, -0.2) is 38.2 Å². The van der Waals surface area contributed by atoms with E-state index in [0.717, 1.165) is 12.8 Å². The first kappa shape index (κ1) is 16.3. The van der Waals surface area contributed by atoms with Crippen molar-refractivity contribution in [3.63, 3.8) is 0 Å². The number of carbonyl (C=O) groups excluding carboxylic acids is 2. The van der Waals surface area contributed by atoms with Crippen LogP contribution >= 0.6 is 0 Å². The maximum absolute atomic E-state index is 12.0. The Morgan fingerprint density at radius 1 is 1.41 bits per heavy atom. The van der Waals surface area contributed by atoms with E-state index in [1.165, 1.54) is 7.11 Å². The average Bonchev–Trinajstić information content (AvgIpc) is 3.02. The maximum Gasteiger partial charge on any atom is 0.253 e. The summed E-state index contributed by atoms with van der Waals surface area (Å²) in [7, 11) is 1.51. The van der Waals surface area contributed by atoms with Crippen molar-refractivity contribution in [1.82, 2.24) is 0 Å². The summed E-state index contributed by atoms with van der Waals surface area (Å²) in [5.74, 6) is 0.130. The van der Waals surface area contributed by atoms with Gasteiger partial charge in [0.1, 0.15) is 11.9 Å². The molecule has 1 aliphatic heterocycles. The fraction of sp³-hybridized carbons (Fsp3) is 0.467. The lowest BCUT2D eigenvalue weighted by atomic mass is 10.2. The zero-order valence-corrected chi connectivity index (χ0v) is 12.6. The molecular weight excluding hydrogens is 286 g/mol. The molecule has 0 spiro atoms. The standard InChI is InChI=1S/C15H21N3O4/c1-21-12-5-4-10(9-11(12)18-14(19)6-7-16)17-15(20)13-3-2-8-22-13/h4-5,9,13H,2-3,6-8,16H2,1H3,(H,17,20)(H,18,19). The number of ether oxygens (including phenoxy) is 2. The number of nitrogens with two attached hydrogens (primary N) is 1. The van der Waals surface area contributed by atoms with E-state index in [2.05, 4.69) is 10.6 Å². The predicted octanol–water partition coefficient (Wildman–Crippen LogP) is 1.10. The number of methoxy groups -OCH3 is 1. The van der Waals surface area contributed by atoms with Crippen LogP contribution in [0.2, 0.25) is 0 Å². The van der Waals surface area contributed by atoms with Crippen LogP contribution in [0.25, 0.3) is 0 Å². The molecule has 0 bridgehead atoms. The minimum Gasteiger partial charge on any atom is -0.495 e. The highest BCUT2D eigenvalue weighted by Gasteiger charge is 2.23. The Hall–Kier alpha value is -2.12. The van der Waals surface area contributed by atoms with Crippen LogP contribution in [0.1, 0.15) is 19.3 Å². The van der Waals surface area contributed by atoms with Gasteiger partial charge in [0.15, 0.2) is 0 Å². The van der Waals surface area contributed by atoms with Gasteiger partial charge < -0.3 is 25.8 Å². The smallest absolute Gasteiger partial charge is 0.253 e. The van der Waals surface area contributed by atoms with Crippen LogP contribution in [0.3, 0.4) is 0 Å². The molecule has 0 aliphatic carbocycles. The van der Waals surface area contributed by atoms with E-state index in [9.17, 15) is 9.59 Å². The molecular formula is C15H21N3O4. The van der Waals surface area contributed by atoms with E-state index in [1.54, 1.807) is 18.2 Å². The summed E-state index contributed by atoms with van der Waals surface area (Å²) in [6.45, 7) is 0.880. The van der Waals surface area contributed by atoms with E-state index in [1.807, 2.05) is 0 Å². The second-order valence-corrected chi connectivity index (χ2v) is 4.99. The van der Waals surface area contributed by atoms with Crippen molar-refractivity contribution in [3.8, 4) is 5.75 Å². The molecule has 7 nitrogen and oxygen atoms in total. The number of hydrogen-bond acceptors (Lipinski definition) is 5. The third kappa shape index (κ3) is 4.19. The molecule has 120 valence electrons. The molecule has 1 aromatic carbocycles. The van der Waals surface area contributed by atoms with Gasteiger partial charge in [-0.2, -0.15) is 0 Å². The largest absolute Gasteiger partial charge is 0.495 e. The Morgan fingerprint density at radius 2 is 2.23 bits per heavy atom. The highest BCUT2D eigenvalue weighted by atomic mass is 16.5. The van der Waals surface area contributed by atoms with E-state index in [-0.39, 0.29) is 24.8 Å². The van der Waals surface area contributed by atoms with Crippen molar-refractivity contribution >= 4 is 23.2 Å². The molecule has 0 aromatic heterocycles. The minimum atomic E-state index is -0.405. The molecule has 7 heteroatoms. The molecule has 1 atom stereocenters. The second-order valence-electron chi connectivity index (χ2n) is 4.99. The first-order valence-corrected chi connectivity index (χ1v) is 7.24. The van der Waals surface area contributed by atoms with Gasteiger partial charge in [-0.1, -0.05) is 0 Å². The van der Waals surface area contributed by atoms with Gasteiger partial charge in [-0.25, -0.2) is 0 Å². The molecule has 1 heterocycles. The number of anilines is 2. The van der Waals surface area contributed by atoms with E-state index < -0.39 is 6.10 Å². The van der Waals surface area contributed by atoms with Gasteiger partial charge in [0.2, 0.25) is 5.91 Å². The Labute approximate surface area is 129 Å². The zero-order valence-electron chi connectivity index (χ0n) is 12.6. The maximum atomic E-state index is 12.0. The lowest BCUT2D eigenvalue weighted by Gasteiger charge is -2.14. The van der Waals surface area contributed by atoms with Crippen LogP contribution in [0.5, 0.6) is 5.75 Å². The number of carbonyl (C=O) groups is 2. The normalized spacial score (nSPS) is 17.1. The van der Waals surface area contributed by atoms with Crippen molar-refractivity contribution in [2.75, 3.05) is 30.9 Å². The van der Waals surface area contributed by atoms with Gasteiger partial charge in [-0.05, 0) is 31.0 Å². The minimum absolute atomic E-state index is 0.179. The SMILES string of the molecule is COc1ccc(NC(=O)C2CCCO2)cc1NC(=O)CCN. The van der Waals surface area contributed by atoms with Gasteiger partial charge in [0.25, 0.3) is 5.91 Å². The molecule has 4 N–H and O–H groups in total. The second kappa shape index (κ2) is 7.77. The summed E-state index contributed by atoms with van der Waals surface area (Å²) >= 11 is 0. The molecule has 0 radical (unpaired) electrons. The number of amides is 2. The molecule has 2 amide bonds. The van der Waals surface area contributed by atoms with Crippen LogP contribution in [0.15, 0.2) is 18.2 Å². The molecule has 1 fully saturated rings. The summed E-state index contributed by atoms with van der Waals surface area (Å²) in [6.07, 6.45) is 1.43. The van der Waals surface area contributed by atoms with Crippen LogP contribution < -0.4 is 21.1 Å². The van der Waals surface area contributed by atoms with Gasteiger partial charge in [-0.3, -0.25) is 9.59 Å². The van der Waals surface area contributed by atoms with Gasteiger partial charge in [0, 0.05) is 25.3 Å². The number of nitrogens with one attached hydrogen (secondary N) is 2. The topological polar surface area (TPSA) is 103 Å². The highest BCUT2D eigenvalue weighted by Crippen LogP contribution is 2.28. The Bertz CT molecular complexity index is 542. The van der Waals surface area contributed by atoms with Crippen molar-refractivity contribution in [2.24, 2.45) is 5.73 Å². The van der Waals surface area contributed by atoms with E-state index in [4.69, 9.17) is 15.2 Å². The number of rotatable bonds is 6. The van der Waals surface area contributed by atoms with Crippen LogP contribution in [0, 0.1) is 0 Å². The first-order chi connectivity index (χ1) is 10.6. The fourth-order valence-electron chi connectivity index (χ4n) is 2.23. The molecule has 22 heavy (non-hydrogen) atoms. The van der Waals surface area contributed by atoms with Crippen molar-refractivity contribution in [1.29, 1.82) is 0 Å². The molecule has 2 rings (SSSR count). The molecule has 1 aliphatic rings. The Morgan fingerprint density at radius 3 is 2.86 bits per heavy atom. The average molecular weight is 307 g/mol. The molecule has 1 aromatic rings. The predicted molar refractivity (Wildman–Crippen MR) is 82.9 cm³/mol. The van der Waals surface area contributed by atoms with Gasteiger partial charge >= 0.3 is 0 Å². The third-order valence-corrected chi connectivity index (χ3v) is 3.33. The van der Waals surface area contributed by atoms with Crippen molar-refractivity contribution < 1.29 is 19.1 Å². The lowest BCUT2D eigenvalue weighted by molar-refractivity contribution is -0.124. The summed E-state index contributed by atoms with van der Waals surface area (Å²) in [5, 5.41) is 5.50. The summed E-state index contributed by atoms with van der Waals surface area (Å²) in [5.41, 5.74) is 6.42. The summed E-state index contributed by atoms with van der Waals surface area (Å²) in [4.78, 5) is 23.7. The van der Waals surface area contributed by atoms with E-state index >= 15 is 0 Å². The Kier molecular flexibility index (Phi) is 5.74.